The molecule has 0 radical (unpaired) electrons. The van der Waals surface area contributed by atoms with Crippen molar-refractivity contribution in [1.82, 2.24) is 19.4 Å². The number of rotatable bonds is 8. The molecule has 1 fully saturated rings. The highest BCUT2D eigenvalue weighted by Gasteiger charge is 2.17. The summed E-state index contributed by atoms with van der Waals surface area (Å²) < 4.78 is 2.34. The molecule has 1 saturated heterocycles. The molecule has 0 aliphatic carbocycles. The first-order valence-corrected chi connectivity index (χ1v) is 11.3. The summed E-state index contributed by atoms with van der Waals surface area (Å²) in [6.45, 7) is 10.8. The molecule has 0 atom stereocenters. The van der Waals surface area contributed by atoms with Gasteiger partial charge in [0.15, 0.2) is 0 Å². The van der Waals surface area contributed by atoms with E-state index in [2.05, 4.69) is 75.8 Å². The normalized spacial score (nSPS) is 15.0. The van der Waals surface area contributed by atoms with Crippen molar-refractivity contribution in [2.45, 2.75) is 39.7 Å². The van der Waals surface area contributed by atoms with Crippen molar-refractivity contribution in [1.29, 1.82) is 0 Å². The molecule has 0 amide bonds. The highest BCUT2D eigenvalue weighted by Crippen LogP contribution is 2.27. The van der Waals surface area contributed by atoms with Crippen LogP contribution in [-0.2, 0) is 4.79 Å². The highest BCUT2D eigenvalue weighted by molar-refractivity contribution is 5.78. The zero-order valence-electron chi connectivity index (χ0n) is 18.7. The molecule has 2 aromatic heterocycles. The zero-order chi connectivity index (χ0) is 21.8. The average Bonchev–Trinajstić information content (AvgIpc) is 3.11. The van der Waals surface area contributed by atoms with Crippen LogP contribution in [0, 0.1) is 6.92 Å². The molecule has 0 bridgehead atoms. The van der Waals surface area contributed by atoms with Crippen molar-refractivity contribution in [3.8, 4) is 0 Å². The van der Waals surface area contributed by atoms with Gasteiger partial charge < -0.3 is 19.6 Å². The van der Waals surface area contributed by atoms with Crippen LogP contribution in [0.2, 0.25) is 0 Å². The van der Waals surface area contributed by atoms with Crippen molar-refractivity contribution in [3.05, 3.63) is 42.2 Å². The van der Waals surface area contributed by atoms with Gasteiger partial charge in [-0.05, 0) is 50.1 Å². The van der Waals surface area contributed by atoms with Gasteiger partial charge in [0, 0.05) is 60.9 Å². The Kier molecular flexibility index (Phi) is 6.51. The molecule has 7 nitrogen and oxygen atoms in total. The molecule has 3 aromatic rings. The van der Waals surface area contributed by atoms with Crippen LogP contribution in [0.1, 0.15) is 38.4 Å². The third-order valence-electron chi connectivity index (χ3n) is 6.27. The lowest BCUT2D eigenvalue weighted by atomic mass is 10.1. The van der Waals surface area contributed by atoms with Gasteiger partial charge in [0.1, 0.15) is 11.9 Å². The van der Waals surface area contributed by atoms with Crippen LogP contribution in [0.5, 0.6) is 0 Å². The lowest BCUT2D eigenvalue weighted by Gasteiger charge is -2.35. The molecule has 0 saturated carbocycles. The van der Waals surface area contributed by atoms with Gasteiger partial charge in [-0.15, -0.1) is 0 Å². The number of piperazine rings is 1. The van der Waals surface area contributed by atoms with Crippen LogP contribution >= 0.6 is 0 Å². The standard InChI is InChI=1S/C24H32N6O/c1-4-21(5-2)30-18(3)16-19-17-25-24(27-23(19)30)26-20-6-8-22(9-7-20)29-12-10-28(11-13-29)14-15-31/h6-9,15-17,21H,4-5,10-14H2,1-3H3,(H,25,26,27). The fourth-order valence-corrected chi connectivity index (χ4v) is 4.49. The number of nitrogens with one attached hydrogen (secondary N) is 1. The van der Waals surface area contributed by atoms with E-state index in [1.165, 1.54) is 11.4 Å². The first kappa shape index (κ1) is 21.3. The van der Waals surface area contributed by atoms with Crippen molar-refractivity contribution in [3.63, 3.8) is 0 Å². The number of hydrogen-bond donors (Lipinski definition) is 1. The van der Waals surface area contributed by atoms with E-state index in [1.807, 2.05) is 6.20 Å². The van der Waals surface area contributed by atoms with Gasteiger partial charge in [0.25, 0.3) is 0 Å². The number of hydrogen-bond acceptors (Lipinski definition) is 6. The smallest absolute Gasteiger partial charge is 0.229 e. The fraction of sp³-hybridized carbons (Fsp3) is 0.458. The van der Waals surface area contributed by atoms with E-state index in [0.29, 0.717) is 18.5 Å². The van der Waals surface area contributed by atoms with E-state index in [-0.39, 0.29) is 0 Å². The van der Waals surface area contributed by atoms with Gasteiger partial charge in [-0.25, -0.2) is 4.98 Å². The Morgan fingerprint density at radius 1 is 1.10 bits per heavy atom. The lowest BCUT2D eigenvalue weighted by molar-refractivity contribution is -0.108. The zero-order valence-corrected chi connectivity index (χ0v) is 18.7. The predicted molar refractivity (Wildman–Crippen MR) is 126 cm³/mol. The van der Waals surface area contributed by atoms with Crippen LogP contribution < -0.4 is 10.2 Å². The van der Waals surface area contributed by atoms with Gasteiger partial charge in [0.2, 0.25) is 5.95 Å². The fourth-order valence-electron chi connectivity index (χ4n) is 4.49. The van der Waals surface area contributed by atoms with E-state index >= 15 is 0 Å². The summed E-state index contributed by atoms with van der Waals surface area (Å²) in [6.07, 6.45) is 5.06. The van der Waals surface area contributed by atoms with E-state index in [4.69, 9.17) is 4.98 Å². The maximum absolute atomic E-state index is 10.7. The summed E-state index contributed by atoms with van der Waals surface area (Å²) in [5.74, 6) is 0.619. The Morgan fingerprint density at radius 3 is 2.45 bits per heavy atom. The SMILES string of the molecule is CCC(CC)n1c(C)cc2cnc(Nc3ccc(N4CCN(CC=O)CC4)cc3)nc21. The molecule has 1 aromatic carbocycles. The number of anilines is 3. The van der Waals surface area contributed by atoms with Crippen LogP contribution in [0.4, 0.5) is 17.3 Å². The van der Waals surface area contributed by atoms with E-state index in [1.54, 1.807) is 0 Å². The maximum Gasteiger partial charge on any atom is 0.229 e. The topological polar surface area (TPSA) is 66.3 Å². The second-order valence-corrected chi connectivity index (χ2v) is 8.22. The minimum Gasteiger partial charge on any atom is -0.369 e. The number of carbonyl (C=O) groups excluding carboxylic acids is 1. The first-order valence-electron chi connectivity index (χ1n) is 11.3. The third-order valence-corrected chi connectivity index (χ3v) is 6.27. The molecule has 3 heterocycles. The quantitative estimate of drug-likeness (QED) is 0.552. The van der Waals surface area contributed by atoms with E-state index < -0.39 is 0 Å². The van der Waals surface area contributed by atoms with E-state index in [9.17, 15) is 4.79 Å². The molecule has 0 spiro atoms. The monoisotopic (exact) mass is 420 g/mol. The second kappa shape index (κ2) is 9.47. The number of aryl methyl sites for hydroxylation is 1. The molecule has 4 rings (SSSR count). The minimum absolute atomic E-state index is 0.450. The molecule has 31 heavy (non-hydrogen) atoms. The summed E-state index contributed by atoms with van der Waals surface area (Å²) in [7, 11) is 0. The number of benzene rings is 1. The Hall–Kier alpha value is -2.93. The lowest BCUT2D eigenvalue weighted by Crippen LogP contribution is -2.46. The molecule has 1 N–H and O–H groups in total. The summed E-state index contributed by atoms with van der Waals surface area (Å²) >= 11 is 0. The number of fused-ring (bicyclic) bond motifs is 1. The van der Waals surface area contributed by atoms with E-state index in [0.717, 1.165) is 62.0 Å². The Balaban J connectivity index is 1.48. The molecule has 0 unspecified atom stereocenters. The Morgan fingerprint density at radius 2 is 1.81 bits per heavy atom. The van der Waals surface area contributed by atoms with Crippen molar-refractivity contribution < 1.29 is 4.79 Å². The molecule has 1 aliphatic rings. The average molecular weight is 421 g/mol. The van der Waals surface area contributed by atoms with Crippen LogP contribution in [0.25, 0.3) is 11.0 Å². The van der Waals surface area contributed by atoms with Crippen molar-refractivity contribution in [2.75, 3.05) is 42.9 Å². The predicted octanol–water partition coefficient (Wildman–Crippen LogP) is 4.17. The third kappa shape index (κ3) is 4.56. The number of aromatic nitrogens is 3. The Labute approximate surface area is 184 Å². The highest BCUT2D eigenvalue weighted by atomic mass is 16.1. The van der Waals surface area contributed by atoms with Gasteiger partial charge >= 0.3 is 0 Å². The molecular formula is C24H32N6O. The molecule has 7 heteroatoms. The number of carbonyl (C=O) groups is 1. The van der Waals surface area contributed by atoms with Crippen molar-refractivity contribution >= 4 is 34.6 Å². The van der Waals surface area contributed by atoms with Crippen LogP contribution in [-0.4, -0.2) is 58.4 Å². The molecule has 164 valence electrons. The maximum atomic E-state index is 10.7. The van der Waals surface area contributed by atoms with Crippen LogP contribution in [0.3, 0.4) is 0 Å². The first-order chi connectivity index (χ1) is 15.1. The van der Waals surface area contributed by atoms with Gasteiger partial charge in [-0.1, -0.05) is 13.8 Å². The summed E-state index contributed by atoms with van der Waals surface area (Å²) in [5, 5.41) is 4.44. The number of nitrogens with zero attached hydrogens (tertiary/aromatic N) is 5. The Bertz CT molecular complexity index is 1020. The molecule has 1 aliphatic heterocycles. The molecular weight excluding hydrogens is 388 g/mol. The van der Waals surface area contributed by atoms with Gasteiger partial charge in [0.05, 0.1) is 6.54 Å². The summed E-state index contributed by atoms with van der Waals surface area (Å²) in [4.78, 5) is 24.6. The summed E-state index contributed by atoms with van der Waals surface area (Å²) in [6, 6.07) is 11.0. The van der Waals surface area contributed by atoms with Crippen molar-refractivity contribution in [2.24, 2.45) is 0 Å². The second-order valence-electron chi connectivity index (χ2n) is 8.22. The summed E-state index contributed by atoms with van der Waals surface area (Å²) in [5.41, 5.74) is 4.40. The largest absolute Gasteiger partial charge is 0.369 e. The van der Waals surface area contributed by atoms with Gasteiger partial charge in [-0.2, -0.15) is 4.98 Å². The minimum atomic E-state index is 0.450. The number of aldehydes is 1. The van der Waals surface area contributed by atoms with Crippen LogP contribution in [0.15, 0.2) is 36.5 Å². The van der Waals surface area contributed by atoms with Gasteiger partial charge in [-0.3, -0.25) is 4.90 Å².